The standard InChI is InChI=1S/2C19H32N4O3.C6H13N3O.C6H10N2.C5H11N/c2*1-19(2,3)25-18(24)23-13-9-15(10-14-23)7-8-16-20-17(21-26-16)22-11-5-4-6-12-22;7-6(8-10)9-4-2-1-3-5-9;7-6-8-4-2-1-3-5-8;1-2-4-6-5-3-1/h2*15H,4-14H2,1-3H3;10H,1-5H2,(H2,7,8);1-5H2;6H,1-5H2. The molecule has 21 heteroatoms. The first-order valence-electron chi connectivity index (χ1n) is 29.3. The molecule has 7 fully saturated rings. The third-order valence-electron chi connectivity index (χ3n) is 14.7. The molecule has 2 aromatic heterocycles. The molecule has 9 heterocycles. The van der Waals surface area contributed by atoms with Crippen LogP contribution in [-0.2, 0) is 22.3 Å². The topological polar surface area (TPSA) is 244 Å². The van der Waals surface area contributed by atoms with E-state index in [2.05, 4.69) is 46.7 Å². The van der Waals surface area contributed by atoms with Crippen LogP contribution < -0.4 is 20.9 Å². The molecule has 0 unspecified atom stereocenters. The molecule has 0 bridgehead atoms. The van der Waals surface area contributed by atoms with Crippen molar-refractivity contribution in [1.29, 1.82) is 5.26 Å². The smallest absolute Gasteiger partial charge is 0.410 e. The number of nitrogens with two attached hydrogens (primary N) is 1. The summed E-state index contributed by atoms with van der Waals surface area (Å²) < 4.78 is 21.8. The van der Waals surface area contributed by atoms with E-state index in [1.54, 1.807) is 0 Å². The summed E-state index contributed by atoms with van der Waals surface area (Å²) in [6.45, 7) is 24.9. The summed E-state index contributed by atoms with van der Waals surface area (Å²) in [6.07, 6.45) is 28.4. The first-order chi connectivity index (χ1) is 36.6. The largest absolute Gasteiger partial charge is 0.444 e. The number of anilines is 2. The summed E-state index contributed by atoms with van der Waals surface area (Å²) in [5.41, 5.74) is 4.51. The van der Waals surface area contributed by atoms with Gasteiger partial charge in [0.05, 0.1) is 0 Å². The number of guanidine groups is 1. The molecule has 0 aromatic carbocycles. The number of carbonyl (C=O) groups excluding carboxylic acids is 2. The lowest BCUT2D eigenvalue weighted by Gasteiger charge is -2.33. The summed E-state index contributed by atoms with van der Waals surface area (Å²) in [6, 6.07) is 0. The Kier molecular flexibility index (Phi) is 26.8. The average Bonchev–Trinajstić information content (AvgIpc) is 4.14. The number of hydrogen-bond donors (Lipinski definition) is 3. The number of hydrogen-bond acceptors (Lipinski definition) is 17. The molecule has 430 valence electrons. The highest BCUT2D eigenvalue weighted by molar-refractivity contribution is 5.77. The number of rotatable bonds is 8. The van der Waals surface area contributed by atoms with E-state index in [0.717, 1.165) is 166 Å². The average molecular weight is 1070 g/mol. The first-order valence-corrected chi connectivity index (χ1v) is 29.3. The van der Waals surface area contributed by atoms with Gasteiger partial charge in [0.1, 0.15) is 11.2 Å². The van der Waals surface area contributed by atoms with E-state index in [1.165, 1.54) is 96.6 Å². The zero-order valence-corrected chi connectivity index (χ0v) is 47.7. The van der Waals surface area contributed by atoms with Crippen LogP contribution in [0.25, 0.3) is 0 Å². The van der Waals surface area contributed by atoms with Crippen molar-refractivity contribution in [3.63, 3.8) is 0 Å². The monoisotopic (exact) mass is 1070 g/mol. The quantitative estimate of drug-likeness (QED) is 0.0733. The van der Waals surface area contributed by atoms with Crippen LogP contribution in [0.2, 0.25) is 0 Å². The highest BCUT2D eigenvalue weighted by atomic mass is 16.6. The molecule has 21 nitrogen and oxygen atoms in total. The molecule has 2 aromatic rings. The summed E-state index contributed by atoms with van der Waals surface area (Å²) in [7, 11) is 0. The SMILES string of the molecule is C1CCNCC1.CC(C)(C)OC(=O)N1CCC(CCc2nc(N3CCCCC3)no2)CC1.CC(C)(C)OC(=O)N1CCC(CCc2nc(N3CCCCC3)no2)CC1.N#CN1CCCCC1.N/C(=N\O)N1CCCCC1. The van der Waals surface area contributed by atoms with Crippen molar-refractivity contribution in [2.24, 2.45) is 22.7 Å². The molecule has 9 rings (SSSR count). The van der Waals surface area contributed by atoms with Crippen molar-refractivity contribution < 1.29 is 33.3 Å². The number of likely N-dealkylation sites (tertiary alicyclic amines) is 4. The van der Waals surface area contributed by atoms with Gasteiger partial charge in [-0.05, 0) is 205 Å². The molecule has 0 aliphatic carbocycles. The van der Waals surface area contributed by atoms with Gasteiger partial charge in [0.25, 0.3) is 11.9 Å². The van der Waals surface area contributed by atoms with Gasteiger partial charge in [0.2, 0.25) is 17.7 Å². The molecule has 4 N–H and O–H groups in total. The second-order valence-corrected chi connectivity index (χ2v) is 23.4. The summed E-state index contributed by atoms with van der Waals surface area (Å²) in [5.74, 6) is 4.41. The summed E-state index contributed by atoms with van der Waals surface area (Å²) >= 11 is 0. The van der Waals surface area contributed by atoms with Gasteiger partial charge in [-0.2, -0.15) is 15.2 Å². The minimum Gasteiger partial charge on any atom is -0.444 e. The Bertz CT molecular complexity index is 1850. The fourth-order valence-electron chi connectivity index (χ4n) is 10.2. The van der Waals surface area contributed by atoms with Crippen LogP contribution in [0.15, 0.2) is 14.2 Å². The van der Waals surface area contributed by atoms with E-state index in [4.69, 9.17) is 34.7 Å². The lowest BCUT2D eigenvalue weighted by atomic mass is 9.92. The van der Waals surface area contributed by atoms with Gasteiger partial charge in [-0.3, -0.25) is 0 Å². The van der Waals surface area contributed by atoms with Gasteiger partial charge >= 0.3 is 12.2 Å². The molecule has 0 atom stereocenters. The van der Waals surface area contributed by atoms with Crippen molar-refractivity contribution in [2.75, 3.05) is 101 Å². The first kappa shape index (κ1) is 61.6. The lowest BCUT2D eigenvalue weighted by Crippen LogP contribution is -2.41. The van der Waals surface area contributed by atoms with Crippen LogP contribution in [0.3, 0.4) is 0 Å². The number of carbonyl (C=O) groups is 2. The van der Waals surface area contributed by atoms with Gasteiger partial charge in [-0.25, -0.2) is 9.59 Å². The van der Waals surface area contributed by atoms with Crippen molar-refractivity contribution in [1.82, 2.24) is 45.2 Å². The molecule has 76 heavy (non-hydrogen) atoms. The maximum Gasteiger partial charge on any atom is 0.410 e. The summed E-state index contributed by atoms with van der Waals surface area (Å²) in [4.78, 5) is 45.2. The van der Waals surface area contributed by atoms with Crippen LogP contribution >= 0.6 is 0 Å². The Morgan fingerprint density at radius 3 is 1.28 bits per heavy atom. The van der Waals surface area contributed by atoms with E-state index in [9.17, 15) is 9.59 Å². The molecule has 7 aliphatic rings. The maximum absolute atomic E-state index is 12.1. The zero-order chi connectivity index (χ0) is 54.6. The van der Waals surface area contributed by atoms with Crippen LogP contribution in [0, 0.1) is 23.3 Å². The van der Waals surface area contributed by atoms with Gasteiger partial charge in [0.15, 0.2) is 6.19 Å². The van der Waals surface area contributed by atoms with Gasteiger partial charge in [0, 0.05) is 91.4 Å². The Labute approximate surface area is 454 Å². The van der Waals surface area contributed by atoms with E-state index in [0.29, 0.717) is 11.8 Å². The number of aromatic nitrogens is 4. The molecular weight excluding hydrogens is 969 g/mol. The number of nitrogens with zero attached hydrogens (tertiary/aromatic N) is 12. The van der Waals surface area contributed by atoms with E-state index >= 15 is 0 Å². The molecular formula is C55H98N14O7. The molecule has 7 saturated heterocycles. The molecule has 0 spiro atoms. The third-order valence-corrected chi connectivity index (χ3v) is 14.7. The number of oxime groups is 1. The zero-order valence-electron chi connectivity index (χ0n) is 47.7. The van der Waals surface area contributed by atoms with Gasteiger partial charge < -0.3 is 64.2 Å². The fourth-order valence-corrected chi connectivity index (χ4v) is 10.2. The van der Waals surface area contributed by atoms with Crippen LogP contribution in [0.4, 0.5) is 21.5 Å². The van der Waals surface area contributed by atoms with Crippen molar-refractivity contribution >= 4 is 30.0 Å². The maximum atomic E-state index is 12.1. The van der Waals surface area contributed by atoms with E-state index in [1.807, 2.05) is 61.1 Å². The van der Waals surface area contributed by atoms with E-state index in [-0.39, 0.29) is 18.1 Å². The number of ether oxygens (including phenoxy) is 2. The van der Waals surface area contributed by atoms with Gasteiger partial charge in [-0.1, -0.05) is 11.6 Å². The second-order valence-electron chi connectivity index (χ2n) is 23.4. The number of nitrogens with one attached hydrogen (secondary N) is 1. The predicted molar refractivity (Wildman–Crippen MR) is 295 cm³/mol. The van der Waals surface area contributed by atoms with Crippen molar-refractivity contribution in [3.8, 4) is 6.19 Å². The van der Waals surface area contributed by atoms with Gasteiger partial charge in [-0.15, -0.1) is 0 Å². The van der Waals surface area contributed by atoms with E-state index < -0.39 is 11.2 Å². The van der Waals surface area contributed by atoms with Crippen molar-refractivity contribution in [2.45, 2.75) is 200 Å². The van der Waals surface area contributed by atoms with Crippen LogP contribution in [-0.4, -0.2) is 166 Å². The number of amides is 2. The number of piperidine rings is 7. The minimum absolute atomic E-state index is 0.195. The molecule has 0 saturated carbocycles. The molecule has 7 aliphatic heterocycles. The Morgan fingerprint density at radius 2 is 0.961 bits per heavy atom. The Hall–Kier alpha value is -5.26. The predicted octanol–water partition coefficient (Wildman–Crippen LogP) is 9.17. The van der Waals surface area contributed by atoms with Crippen molar-refractivity contribution in [3.05, 3.63) is 11.8 Å². The molecule has 2 amide bonds. The fraction of sp³-hybridized carbons (Fsp3) is 0.855. The number of aryl methyl sites for hydroxylation is 2. The highest BCUT2D eigenvalue weighted by Crippen LogP contribution is 2.27. The lowest BCUT2D eigenvalue weighted by molar-refractivity contribution is 0.0170. The normalized spacial score (nSPS) is 20.2. The van der Waals surface area contributed by atoms with Crippen LogP contribution in [0.5, 0.6) is 0 Å². The highest BCUT2D eigenvalue weighted by Gasteiger charge is 2.29. The number of nitriles is 1. The molecule has 0 radical (unpaired) electrons. The minimum atomic E-state index is -0.433. The third kappa shape index (κ3) is 24.0. The summed E-state index contributed by atoms with van der Waals surface area (Å²) in [5, 5.41) is 31.2. The second kappa shape index (κ2) is 33.1. The Balaban J connectivity index is 0.000000197. The Morgan fingerprint density at radius 1 is 0.592 bits per heavy atom. The van der Waals surface area contributed by atoms with Crippen LogP contribution in [0.1, 0.15) is 188 Å².